The van der Waals surface area contributed by atoms with Gasteiger partial charge in [-0.2, -0.15) is 5.10 Å². The maximum Gasteiger partial charge on any atom is 0.294 e. The third kappa shape index (κ3) is 3.42. The minimum Gasteiger partial charge on any atom is -0.376 e. The first-order chi connectivity index (χ1) is 12.6. The van der Waals surface area contributed by atoms with Gasteiger partial charge in [0, 0.05) is 13.2 Å². The molecular weight excluding hydrogens is 372 g/mol. The normalized spacial score (nSPS) is 17.0. The molecule has 4 heterocycles. The highest BCUT2D eigenvalue weighted by molar-refractivity contribution is 7.20. The summed E-state index contributed by atoms with van der Waals surface area (Å²) in [5, 5.41) is 10.1. The molecule has 0 spiro atoms. The lowest BCUT2D eigenvalue weighted by Gasteiger charge is -2.11. The van der Waals surface area contributed by atoms with E-state index in [-0.39, 0.29) is 24.1 Å². The van der Waals surface area contributed by atoms with Crippen LogP contribution in [0.4, 0.5) is 0 Å². The number of hydrogen-bond acceptors (Lipinski definition) is 7. The van der Waals surface area contributed by atoms with E-state index in [1.165, 1.54) is 16.0 Å². The molecule has 1 N–H and O–H groups in total. The Morgan fingerprint density at radius 3 is 3.12 bits per heavy atom. The lowest BCUT2D eigenvalue weighted by molar-refractivity contribution is -0.122. The molecule has 26 heavy (non-hydrogen) atoms. The fraction of sp³-hybridized carbons (Fsp3) is 0.412. The maximum absolute atomic E-state index is 12.7. The van der Waals surface area contributed by atoms with Crippen LogP contribution >= 0.6 is 22.7 Å². The van der Waals surface area contributed by atoms with Crippen LogP contribution in [0.25, 0.3) is 20.8 Å². The number of thiazole rings is 1. The Kier molecular flexibility index (Phi) is 4.84. The molecular formula is C17H18N4O3S2. The van der Waals surface area contributed by atoms with E-state index in [0.29, 0.717) is 17.8 Å². The number of nitrogens with zero attached hydrogens (tertiary/aromatic N) is 3. The Morgan fingerprint density at radius 2 is 2.38 bits per heavy atom. The smallest absolute Gasteiger partial charge is 0.294 e. The molecule has 1 saturated heterocycles. The molecule has 4 rings (SSSR count). The van der Waals surface area contributed by atoms with Crippen LogP contribution in [-0.4, -0.2) is 39.9 Å². The number of hydrogen-bond donors (Lipinski definition) is 1. The molecule has 0 saturated carbocycles. The Hall–Kier alpha value is -2.10. The fourth-order valence-electron chi connectivity index (χ4n) is 2.97. The first-order valence-corrected chi connectivity index (χ1v) is 10.1. The highest BCUT2D eigenvalue weighted by Gasteiger charge is 2.20. The van der Waals surface area contributed by atoms with Crippen molar-refractivity contribution in [1.82, 2.24) is 20.1 Å². The van der Waals surface area contributed by atoms with Crippen LogP contribution in [0, 0.1) is 6.92 Å². The minimum atomic E-state index is -0.336. The van der Waals surface area contributed by atoms with Gasteiger partial charge in [-0.1, -0.05) is 6.07 Å². The summed E-state index contributed by atoms with van der Waals surface area (Å²) in [6.45, 7) is 2.94. The quantitative estimate of drug-likeness (QED) is 0.722. The molecule has 0 aromatic carbocycles. The Labute approximate surface area is 157 Å². The van der Waals surface area contributed by atoms with Crippen LogP contribution in [0.2, 0.25) is 0 Å². The van der Waals surface area contributed by atoms with Gasteiger partial charge in [-0.3, -0.25) is 9.59 Å². The van der Waals surface area contributed by atoms with E-state index in [1.807, 2.05) is 24.4 Å². The van der Waals surface area contributed by atoms with Crippen LogP contribution in [0.15, 0.2) is 22.3 Å². The predicted molar refractivity (Wildman–Crippen MR) is 102 cm³/mol. The number of fused-ring (bicyclic) bond motifs is 1. The number of carbonyl (C=O) groups is 1. The van der Waals surface area contributed by atoms with Crippen LogP contribution < -0.4 is 10.9 Å². The standard InChI is InChI=1S/C17H18N4O3S2/c1-10-19-15-16(26-10)14(12-5-3-7-25-12)20-21(17(15)23)9-13(22)18-8-11-4-2-6-24-11/h3,5,7,11H,2,4,6,8-9H2,1H3,(H,18,22)/t11-/m1/s1. The third-order valence-corrected chi connectivity index (χ3v) is 6.06. The Bertz CT molecular complexity index is 988. The van der Waals surface area contributed by atoms with E-state index < -0.39 is 0 Å². The van der Waals surface area contributed by atoms with Gasteiger partial charge in [0.2, 0.25) is 5.91 Å². The van der Waals surface area contributed by atoms with Crippen molar-refractivity contribution in [2.45, 2.75) is 32.4 Å². The maximum atomic E-state index is 12.7. The lowest BCUT2D eigenvalue weighted by Crippen LogP contribution is -2.37. The first-order valence-electron chi connectivity index (χ1n) is 8.42. The van der Waals surface area contributed by atoms with Crippen molar-refractivity contribution in [3.63, 3.8) is 0 Å². The second-order valence-corrected chi connectivity index (χ2v) is 8.29. The summed E-state index contributed by atoms with van der Waals surface area (Å²) in [5.74, 6) is -0.251. The highest BCUT2D eigenvalue weighted by atomic mass is 32.1. The molecule has 0 unspecified atom stereocenters. The van der Waals surface area contributed by atoms with Crippen molar-refractivity contribution in [1.29, 1.82) is 0 Å². The van der Waals surface area contributed by atoms with Gasteiger partial charge in [0.25, 0.3) is 5.56 Å². The zero-order valence-electron chi connectivity index (χ0n) is 14.2. The van der Waals surface area contributed by atoms with Gasteiger partial charge in [-0.05, 0) is 31.2 Å². The van der Waals surface area contributed by atoms with Crippen molar-refractivity contribution >= 4 is 38.8 Å². The lowest BCUT2D eigenvalue weighted by atomic mass is 10.2. The molecule has 0 radical (unpaired) electrons. The summed E-state index contributed by atoms with van der Waals surface area (Å²) in [5.41, 5.74) is 0.738. The summed E-state index contributed by atoms with van der Waals surface area (Å²) in [7, 11) is 0. The van der Waals surface area contributed by atoms with E-state index in [0.717, 1.165) is 34.0 Å². The molecule has 0 bridgehead atoms. The molecule has 3 aromatic rings. The van der Waals surface area contributed by atoms with Crippen LogP contribution in [0.1, 0.15) is 17.8 Å². The minimum absolute atomic E-state index is 0.0639. The summed E-state index contributed by atoms with van der Waals surface area (Å²) in [4.78, 5) is 30.3. The number of ether oxygens (including phenoxy) is 1. The molecule has 1 atom stereocenters. The molecule has 1 aliphatic rings. The number of aromatic nitrogens is 3. The predicted octanol–water partition coefficient (Wildman–Crippen LogP) is 2.19. The SMILES string of the molecule is Cc1nc2c(=O)n(CC(=O)NC[C@H]3CCCO3)nc(-c3cccs3)c2s1. The first kappa shape index (κ1) is 17.3. The zero-order valence-corrected chi connectivity index (χ0v) is 15.9. The average Bonchev–Trinajstić information content (AvgIpc) is 3.36. The van der Waals surface area contributed by atoms with E-state index in [9.17, 15) is 9.59 Å². The summed E-state index contributed by atoms with van der Waals surface area (Å²) >= 11 is 2.99. The van der Waals surface area contributed by atoms with E-state index >= 15 is 0 Å². The molecule has 3 aromatic heterocycles. The van der Waals surface area contributed by atoms with E-state index in [2.05, 4.69) is 15.4 Å². The van der Waals surface area contributed by atoms with Crippen LogP contribution in [0.3, 0.4) is 0 Å². The third-order valence-electron chi connectivity index (χ3n) is 4.21. The number of thiophene rings is 1. The summed E-state index contributed by atoms with van der Waals surface area (Å²) < 4.78 is 7.48. The second kappa shape index (κ2) is 7.26. The fourth-order valence-corrected chi connectivity index (χ4v) is 4.66. The number of amides is 1. The van der Waals surface area contributed by atoms with E-state index in [1.54, 1.807) is 11.3 Å². The van der Waals surface area contributed by atoms with Crippen molar-refractivity contribution in [3.05, 3.63) is 32.9 Å². The monoisotopic (exact) mass is 390 g/mol. The zero-order chi connectivity index (χ0) is 18.1. The molecule has 1 aliphatic heterocycles. The van der Waals surface area contributed by atoms with Crippen molar-refractivity contribution < 1.29 is 9.53 Å². The molecule has 136 valence electrons. The number of carbonyl (C=O) groups excluding carboxylic acids is 1. The molecule has 1 amide bonds. The van der Waals surface area contributed by atoms with Gasteiger partial charge in [0.05, 0.1) is 20.7 Å². The van der Waals surface area contributed by atoms with Crippen molar-refractivity contribution in [2.24, 2.45) is 0 Å². The van der Waals surface area contributed by atoms with Gasteiger partial charge in [0.1, 0.15) is 12.2 Å². The topological polar surface area (TPSA) is 86.1 Å². The largest absolute Gasteiger partial charge is 0.376 e. The molecule has 7 nitrogen and oxygen atoms in total. The van der Waals surface area contributed by atoms with Gasteiger partial charge < -0.3 is 10.1 Å². The van der Waals surface area contributed by atoms with Crippen molar-refractivity contribution in [3.8, 4) is 10.6 Å². The second-order valence-electron chi connectivity index (χ2n) is 6.14. The van der Waals surface area contributed by atoms with E-state index in [4.69, 9.17) is 4.74 Å². The summed E-state index contributed by atoms with van der Waals surface area (Å²) in [6, 6.07) is 3.89. The van der Waals surface area contributed by atoms with Crippen molar-refractivity contribution in [2.75, 3.05) is 13.2 Å². The van der Waals surface area contributed by atoms with Gasteiger partial charge in [0.15, 0.2) is 5.52 Å². The van der Waals surface area contributed by atoms with Crippen LogP contribution in [-0.2, 0) is 16.1 Å². The van der Waals surface area contributed by atoms with Gasteiger partial charge in [-0.15, -0.1) is 22.7 Å². The Morgan fingerprint density at radius 1 is 1.50 bits per heavy atom. The summed E-state index contributed by atoms with van der Waals surface area (Å²) in [6.07, 6.45) is 2.03. The van der Waals surface area contributed by atoms with Gasteiger partial charge >= 0.3 is 0 Å². The average molecular weight is 390 g/mol. The Balaban J connectivity index is 1.63. The molecule has 9 heteroatoms. The number of rotatable bonds is 5. The van der Waals surface area contributed by atoms with Crippen LogP contribution in [0.5, 0.6) is 0 Å². The number of nitrogens with one attached hydrogen (secondary N) is 1. The molecule has 1 fully saturated rings. The number of aryl methyl sites for hydroxylation is 1. The van der Waals surface area contributed by atoms with Gasteiger partial charge in [-0.25, -0.2) is 9.67 Å². The molecule has 0 aliphatic carbocycles. The highest BCUT2D eigenvalue weighted by Crippen LogP contribution is 2.31.